The Morgan fingerprint density at radius 3 is 1.36 bits per heavy atom. The Labute approximate surface area is 74.1 Å². The van der Waals surface area contributed by atoms with E-state index in [-0.39, 0.29) is 18.9 Å². The van der Waals surface area contributed by atoms with Gasteiger partial charge in [-0.25, -0.2) is 9.36 Å². The van der Waals surface area contributed by atoms with Crippen molar-refractivity contribution in [1.82, 2.24) is 0 Å². The molecule has 0 radical (unpaired) electrons. The van der Waals surface area contributed by atoms with Gasteiger partial charge in [-0.3, -0.25) is 0 Å². The quantitative estimate of drug-likeness (QED) is 0.223. The summed E-state index contributed by atoms with van der Waals surface area (Å²) in [6.45, 7) is -0.778. The second-order valence-electron chi connectivity index (χ2n) is 1.07. The van der Waals surface area contributed by atoms with Gasteiger partial charge < -0.3 is 24.9 Å². The maximum absolute atomic E-state index is 9.12. The number of aliphatic carboxylic acids is 1. The van der Waals surface area contributed by atoms with Crippen molar-refractivity contribution in [3.05, 3.63) is 0 Å². The molecule has 11 heavy (non-hydrogen) atoms. The molecular formula is C2H8LiO7P. The number of hydrogen-bond donors (Lipinski definition) is 5. The van der Waals surface area contributed by atoms with Gasteiger partial charge in [0.25, 0.3) is 0 Å². The molecule has 0 aromatic rings. The van der Waals surface area contributed by atoms with Gasteiger partial charge in [0.2, 0.25) is 0 Å². The number of rotatable bonds is 1. The maximum atomic E-state index is 9.12. The first-order chi connectivity index (χ1) is 4.27. The first-order valence-electron chi connectivity index (χ1n) is 1.88. The summed E-state index contributed by atoms with van der Waals surface area (Å²) in [6.07, 6.45) is 0. The van der Waals surface area contributed by atoms with Gasteiger partial charge in [0, 0.05) is 0 Å². The average molecular weight is 182 g/mol. The normalized spacial score (nSPS) is 8.73. The van der Waals surface area contributed by atoms with Crippen LogP contribution in [-0.4, -0.2) is 56.3 Å². The van der Waals surface area contributed by atoms with Gasteiger partial charge in [-0.2, -0.15) is 0 Å². The van der Waals surface area contributed by atoms with Gasteiger partial charge in [0.15, 0.2) is 0 Å². The molecule has 0 aliphatic rings. The van der Waals surface area contributed by atoms with Crippen LogP contribution in [0.4, 0.5) is 0 Å². The van der Waals surface area contributed by atoms with E-state index in [9.17, 15) is 0 Å². The van der Waals surface area contributed by atoms with E-state index in [0.717, 1.165) is 0 Å². The van der Waals surface area contributed by atoms with Crippen LogP contribution in [0.15, 0.2) is 0 Å². The Hall–Kier alpha value is 0.137. The Morgan fingerprint density at radius 2 is 1.36 bits per heavy atom. The van der Waals surface area contributed by atoms with E-state index in [0.29, 0.717) is 0 Å². The first kappa shape index (κ1) is 17.3. The topological polar surface area (TPSA) is 135 Å². The van der Waals surface area contributed by atoms with E-state index in [2.05, 4.69) is 0 Å². The number of carbonyl (C=O) groups is 1. The van der Waals surface area contributed by atoms with Gasteiger partial charge in [0.1, 0.15) is 6.61 Å². The van der Waals surface area contributed by atoms with Crippen molar-refractivity contribution in [3.63, 3.8) is 0 Å². The second kappa shape index (κ2) is 8.24. The molecule has 0 atom stereocenters. The molecule has 0 aliphatic carbocycles. The number of phosphoric acid groups is 1. The van der Waals surface area contributed by atoms with E-state index >= 15 is 0 Å². The Morgan fingerprint density at radius 1 is 1.27 bits per heavy atom. The predicted molar refractivity (Wildman–Crippen MR) is 36.1 cm³/mol. The first-order valence-corrected chi connectivity index (χ1v) is 3.45. The van der Waals surface area contributed by atoms with E-state index in [1.54, 1.807) is 0 Å². The summed E-state index contributed by atoms with van der Waals surface area (Å²) in [7, 11) is -4.64. The third-order valence-electron chi connectivity index (χ3n) is 0.135. The predicted octanol–water partition coefficient (Wildman–Crippen LogP) is -2.51. The zero-order chi connectivity index (χ0) is 8.78. The van der Waals surface area contributed by atoms with Crippen molar-refractivity contribution in [3.8, 4) is 0 Å². The van der Waals surface area contributed by atoms with Crippen LogP contribution in [-0.2, 0) is 9.36 Å². The summed E-state index contributed by atoms with van der Waals surface area (Å²) in [4.78, 5) is 30.7. The molecule has 0 bridgehead atoms. The fraction of sp³-hybridized carbons (Fsp3) is 0.500. The Balaban J connectivity index is -0.000000107. The van der Waals surface area contributed by atoms with Crippen LogP contribution >= 0.6 is 7.82 Å². The van der Waals surface area contributed by atoms with Crippen molar-refractivity contribution in [2.45, 2.75) is 0 Å². The molecule has 0 rings (SSSR count). The van der Waals surface area contributed by atoms with E-state index in [4.69, 9.17) is 34.3 Å². The summed E-state index contributed by atoms with van der Waals surface area (Å²) in [5.41, 5.74) is 0. The summed E-state index contributed by atoms with van der Waals surface area (Å²) in [6, 6.07) is 0. The van der Waals surface area contributed by atoms with E-state index in [1.807, 2.05) is 0 Å². The molecule has 0 fully saturated rings. The molecule has 0 saturated heterocycles. The van der Waals surface area contributed by atoms with Crippen LogP contribution < -0.4 is 0 Å². The molecule has 0 aromatic carbocycles. The molecule has 64 valence electrons. The van der Waals surface area contributed by atoms with Gasteiger partial charge in [-0.05, 0) is 0 Å². The minimum absolute atomic E-state index is 0. The third-order valence-corrected chi connectivity index (χ3v) is 0.135. The Bertz CT molecular complexity index is 131. The van der Waals surface area contributed by atoms with E-state index in [1.165, 1.54) is 0 Å². The number of carboxylic acid groups (broad SMARTS) is 1. The fourth-order valence-electron chi connectivity index (χ4n) is 0. The molecule has 9 heteroatoms. The van der Waals surface area contributed by atoms with Crippen molar-refractivity contribution >= 4 is 32.7 Å². The zero-order valence-corrected chi connectivity index (χ0v) is 5.60. The van der Waals surface area contributed by atoms with Crippen LogP contribution in [0.25, 0.3) is 0 Å². The van der Waals surface area contributed by atoms with Gasteiger partial charge in [0.05, 0.1) is 0 Å². The molecular weight excluding hydrogens is 174 g/mol. The summed E-state index contributed by atoms with van der Waals surface area (Å²) in [5, 5.41) is 15.0. The molecule has 5 N–H and O–H groups in total. The standard InChI is InChI=1S/C2H4O3.Li.H3O4P.H/c3-1-2(4)5;;1-5(2,3)4;/h3H,1H2,(H,4,5);;(H3,1,2,3,4);. The van der Waals surface area contributed by atoms with Crippen LogP contribution in [0.3, 0.4) is 0 Å². The fourth-order valence-corrected chi connectivity index (χ4v) is 0. The number of aliphatic hydroxyl groups is 1. The second-order valence-corrected chi connectivity index (χ2v) is 2.09. The molecule has 0 aromatic heterocycles. The van der Waals surface area contributed by atoms with Crippen molar-refractivity contribution in [2.75, 3.05) is 6.61 Å². The average Bonchev–Trinajstić information content (AvgIpc) is 1.61. The van der Waals surface area contributed by atoms with Gasteiger partial charge >= 0.3 is 32.7 Å². The number of aliphatic hydroxyl groups excluding tert-OH is 1. The van der Waals surface area contributed by atoms with Crippen molar-refractivity contribution in [1.29, 1.82) is 0 Å². The zero-order valence-electron chi connectivity index (χ0n) is 4.71. The van der Waals surface area contributed by atoms with Crippen molar-refractivity contribution < 1.29 is 34.3 Å². The van der Waals surface area contributed by atoms with Gasteiger partial charge in [-0.15, -0.1) is 0 Å². The summed E-state index contributed by atoms with van der Waals surface area (Å²) < 4.78 is 8.88. The molecule has 0 aliphatic heterocycles. The SMILES string of the molecule is O=C(O)CO.O=P(O)(O)O.[LiH]. The molecule has 0 spiro atoms. The summed E-state index contributed by atoms with van der Waals surface area (Å²) >= 11 is 0. The summed E-state index contributed by atoms with van der Waals surface area (Å²) in [5.74, 6) is -1.19. The van der Waals surface area contributed by atoms with Crippen LogP contribution in [0.2, 0.25) is 0 Å². The molecule has 0 heterocycles. The van der Waals surface area contributed by atoms with Crippen molar-refractivity contribution in [2.24, 2.45) is 0 Å². The van der Waals surface area contributed by atoms with E-state index < -0.39 is 20.4 Å². The van der Waals surface area contributed by atoms with Crippen LogP contribution in [0, 0.1) is 0 Å². The Kier molecular flexibility index (Phi) is 12.9. The van der Waals surface area contributed by atoms with Crippen LogP contribution in [0.5, 0.6) is 0 Å². The molecule has 7 nitrogen and oxygen atoms in total. The molecule has 0 saturated carbocycles. The number of carboxylic acids is 1. The van der Waals surface area contributed by atoms with Gasteiger partial charge in [-0.1, -0.05) is 0 Å². The minimum atomic E-state index is -4.64. The third kappa shape index (κ3) is 147. The molecule has 0 amide bonds. The molecule has 0 unspecified atom stereocenters. The monoisotopic (exact) mass is 182 g/mol. The van der Waals surface area contributed by atoms with Crippen LogP contribution in [0.1, 0.15) is 0 Å². The number of hydrogen-bond acceptors (Lipinski definition) is 3.